The van der Waals surface area contributed by atoms with E-state index in [2.05, 4.69) is 17.1 Å². The summed E-state index contributed by atoms with van der Waals surface area (Å²) in [6.45, 7) is 4.63. The van der Waals surface area contributed by atoms with Crippen molar-refractivity contribution < 1.29 is 4.79 Å². The molecule has 110 valence electrons. The third-order valence-corrected chi connectivity index (χ3v) is 4.14. The molecule has 1 aliphatic heterocycles. The molecule has 0 bridgehead atoms. The van der Waals surface area contributed by atoms with E-state index in [1.54, 1.807) is 18.2 Å². The van der Waals surface area contributed by atoms with Crippen molar-refractivity contribution in [3.05, 3.63) is 23.2 Å². The first-order chi connectivity index (χ1) is 9.58. The highest BCUT2D eigenvalue weighted by Gasteiger charge is 2.20. The predicted molar refractivity (Wildman–Crippen MR) is 83.9 cm³/mol. The van der Waals surface area contributed by atoms with Crippen LogP contribution in [0.15, 0.2) is 18.2 Å². The van der Waals surface area contributed by atoms with Gasteiger partial charge in [0.2, 0.25) is 5.91 Å². The number of nitrogens with one attached hydrogen (secondary N) is 1. The average Bonchev–Trinajstić information content (AvgIpc) is 2.43. The SMILES string of the molecule is CCC1CCCN(CC(=O)Nc2cc(N)ccc2Cl)C1. The molecule has 1 amide bonds. The van der Waals surface area contributed by atoms with Crippen molar-refractivity contribution in [2.75, 3.05) is 30.7 Å². The van der Waals surface area contributed by atoms with Crippen LogP contribution in [0.5, 0.6) is 0 Å². The fourth-order valence-electron chi connectivity index (χ4n) is 2.66. The molecule has 0 saturated carbocycles. The van der Waals surface area contributed by atoms with E-state index in [0.717, 1.165) is 13.1 Å². The maximum absolute atomic E-state index is 12.1. The number of halogens is 1. The zero-order chi connectivity index (χ0) is 14.5. The Bertz CT molecular complexity index is 478. The number of rotatable bonds is 4. The van der Waals surface area contributed by atoms with Gasteiger partial charge >= 0.3 is 0 Å². The maximum atomic E-state index is 12.1. The summed E-state index contributed by atoms with van der Waals surface area (Å²) in [5, 5.41) is 3.35. The maximum Gasteiger partial charge on any atom is 0.238 e. The fraction of sp³-hybridized carbons (Fsp3) is 0.533. The second-order valence-electron chi connectivity index (χ2n) is 5.44. The van der Waals surface area contributed by atoms with Crippen LogP contribution < -0.4 is 11.1 Å². The van der Waals surface area contributed by atoms with Crippen LogP contribution in [-0.4, -0.2) is 30.4 Å². The van der Waals surface area contributed by atoms with Crippen LogP contribution in [0.2, 0.25) is 5.02 Å². The second-order valence-corrected chi connectivity index (χ2v) is 5.85. The van der Waals surface area contributed by atoms with E-state index in [1.807, 2.05) is 0 Å². The van der Waals surface area contributed by atoms with Crippen molar-refractivity contribution in [3.63, 3.8) is 0 Å². The summed E-state index contributed by atoms with van der Waals surface area (Å²) in [6.07, 6.45) is 3.62. The Morgan fingerprint density at radius 1 is 1.55 bits per heavy atom. The Morgan fingerprint density at radius 3 is 3.10 bits per heavy atom. The zero-order valence-electron chi connectivity index (χ0n) is 11.9. The van der Waals surface area contributed by atoms with Crippen molar-refractivity contribution in [1.29, 1.82) is 0 Å². The topological polar surface area (TPSA) is 58.4 Å². The van der Waals surface area contributed by atoms with Crippen LogP contribution in [0.4, 0.5) is 11.4 Å². The normalized spacial score (nSPS) is 19.8. The van der Waals surface area contributed by atoms with Gasteiger partial charge in [-0.2, -0.15) is 0 Å². The molecule has 1 heterocycles. The number of amides is 1. The van der Waals surface area contributed by atoms with Gasteiger partial charge in [-0.15, -0.1) is 0 Å². The van der Waals surface area contributed by atoms with Gasteiger partial charge in [0, 0.05) is 12.2 Å². The molecule has 3 N–H and O–H groups in total. The van der Waals surface area contributed by atoms with Crippen LogP contribution in [-0.2, 0) is 4.79 Å². The first kappa shape index (κ1) is 15.1. The molecule has 0 spiro atoms. The number of nitrogen functional groups attached to an aromatic ring is 1. The van der Waals surface area contributed by atoms with E-state index >= 15 is 0 Å². The number of benzene rings is 1. The van der Waals surface area contributed by atoms with Crippen LogP contribution in [0.3, 0.4) is 0 Å². The number of carbonyl (C=O) groups excluding carboxylic acids is 1. The van der Waals surface area contributed by atoms with E-state index in [1.165, 1.54) is 19.3 Å². The lowest BCUT2D eigenvalue weighted by atomic mass is 9.96. The summed E-state index contributed by atoms with van der Waals surface area (Å²) < 4.78 is 0. The van der Waals surface area contributed by atoms with Crippen molar-refractivity contribution in [1.82, 2.24) is 4.90 Å². The van der Waals surface area contributed by atoms with E-state index in [0.29, 0.717) is 28.9 Å². The quantitative estimate of drug-likeness (QED) is 0.840. The number of nitrogens with two attached hydrogens (primary N) is 1. The molecule has 1 fully saturated rings. The van der Waals surface area contributed by atoms with E-state index in [-0.39, 0.29) is 5.91 Å². The molecule has 1 unspecified atom stereocenters. The Kier molecular flexibility index (Phi) is 5.26. The van der Waals surface area contributed by atoms with Crippen molar-refractivity contribution in [2.45, 2.75) is 26.2 Å². The number of anilines is 2. The molecule has 1 aliphatic rings. The van der Waals surface area contributed by atoms with Crippen LogP contribution in [0.25, 0.3) is 0 Å². The number of hydrogen-bond acceptors (Lipinski definition) is 3. The molecule has 0 radical (unpaired) electrons. The van der Waals surface area contributed by atoms with Gasteiger partial charge in [0.15, 0.2) is 0 Å². The first-order valence-corrected chi connectivity index (χ1v) is 7.53. The minimum absolute atomic E-state index is 0.0331. The van der Waals surface area contributed by atoms with Gasteiger partial charge in [0.25, 0.3) is 0 Å². The molecular weight excluding hydrogens is 274 g/mol. The molecule has 5 heteroatoms. The first-order valence-electron chi connectivity index (χ1n) is 7.15. The molecule has 1 aromatic carbocycles. The number of nitrogens with zero attached hydrogens (tertiary/aromatic N) is 1. The fourth-order valence-corrected chi connectivity index (χ4v) is 2.82. The summed E-state index contributed by atoms with van der Waals surface area (Å²) in [5.74, 6) is 0.682. The van der Waals surface area contributed by atoms with Crippen LogP contribution in [0.1, 0.15) is 26.2 Å². The third-order valence-electron chi connectivity index (χ3n) is 3.81. The Hall–Kier alpha value is -1.26. The standard InChI is InChI=1S/C15H22ClN3O/c1-2-11-4-3-7-19(9-11)10-15(20)18-14-8-12(17)5-6-13(14)16/h5-6,8,11H,2-4,7,9-10,17H2,1H3,(H,18,20). The monoisotopic (exact) mass is 295 g/mol. The molecule has 4 nitrogen and oxygen atoms in total. The van der Waals surface area contributed by atoms with E-state index in [9.17, 15) is 4.79 Å². The Morgan fingerprint density at radius 2 is 2.35 bits per heavy atom. The van der Waals surface area contributed by atoms with Gasteiger partial charge < -0.3 is 11.1 Å². The van der Waals surface area contributed by atoms with Gasteiger partial charge in [-0.05, 0) is 43.5 Å². The highest BCUT2D eigenvalue weighted by Crippen LogP contribution is 2.24. The van der Waals surface area contributed by atoms with Crippen molar-refractivity contribution >= 4 is 28.9 Å². The van der Waals surface area contributed by atoms with Gasteiger partial charge in [0.1, 0.15) is 0 Å². The molecule has 0 aliphatic carbocycles. The average molecular weight is 296 g/mol. The number of hydrogen-bond donors (Lipinski definition) is 2. The van der Waals surface area contributed by atoms with Crippen molar-refractivity contribution in [2.24, 2.45) is 5.92 Å². The minimum Gasteiger partial charge on any atom is -0.399 e. The van der Waals surface area contributed by atoms with E-state index < -0.39 is 0 Å². The molecular formula is C15H22ClN3O. The lowest BCUT2D eigenvalue weighted by Crippen LogP contribution is -2.40. The smallest absolute Gasteiger partial charge is 0.238 e. The molecule has 1 aromatic rings. The molecule has 0 aromatic heterocycles. The molecule has 20 heavy (non-hydrogen) atoms. The summed E-state index contributed by atoms with van der Waals surface area (Å²) >= 11 is 6.04. The van der Waals surface area contributed by atoms with Crippen LogP contribution >= 0.6 is 11.6 Å². The molecule has 2 rings (SSSR count). The highest BCUT2D eigenvalue weighted by molar-refractivity contribution is 6.33. The van der Waals surface area contributed by atoms with Gasteiger partial charge in [-0.1, -0.05) is 24.9 Å². The van der Waals surface area contributed by atoms with E-state index in [4.69, 9.17) is 17.3 Å². The zero-order valence-corrected chi connectivity index (χ0v) is 12.6. The van der Waals surface area contributed by atoms with Crippen LogP contribution in [0, 0.1) is 5.92 Å². The summed E-state index contributed by atoms with van der Waals surface area (Å²) in [7, 11) is 0. The highest BCUT2D eigenvalue weighted by atomic mass is 35.5. The number of carbonyl (C=O) groups is 1. The Balaban J connectivity index is 1.90. The minimum atomic E-state index is -0.0331. The lowest BCUT2D eigenvalue weighted by Gasteiger charge is -2.31. The summed E-state index contributed by atoms with van der Waals surface area (Å²) in [6, 6.07) is 5.10. The predicted octanol–water partition coefficient (Wildman–Crippen LogP) is 2.98. The second kappa shape index (κ2) is 6.95. The number of piperidine rings is 1. The van der Waals surface area contributed by atoms with Gasteiger partial charge in [0.05, 0.1) is 17.3 Å². The molecule has 1 saturated heterocycles. The Labute approximate surface area is 125 Å². The largest absolute Gasteiger partial charge is 0.399 e. The number of likely N-dealkylation sites (tertiary alicyclic amines) is 1. The van der Waals surface area contributed by atoms with Gasteiger partial charge in [-0.3, -0.25) is 9.69 Å². The summed E-state index contributed by atoms with van der Waals surface area (Å²) in [5.41, 5.74) is 6.88. The third kappa shape index (κ3) is 4.12. The summed E-state index contributed by atoms with van der Waals surface area (Å²) in [4.78, 5) is 14.3. The lowest BCUT2D eigenvalue weighted by molar-refractivity contribution is -0.117. The molecule has 1 atom stereocenters. The van der Waals surface area contributed by atoms with Crippen molar-refractivity contribution in [3.8, 4) is 0 Å². The van der Waals surface area contributed by atoms with Gasteiger partial charge in [-0.25, -0.2) is 0 Å².